The molecule has 0 aliphatic carbocycles. The van der Waals surface area contributed by atoms with E-state index in [1.54, 1.807) is 26.5 Å². The van der Waals surface area contributed by atoms with Gasteiger partial charge in [-0.05, 0) is 0 Å². The van der Waals surface area contributed by atoms with Crippen molar-refractivity contribution in [2.45, 2.75) is 0 Å². The van der Waals surface area contributed by atoms with Crippen LogP contribution >= 0.6 is 0 Å². The lowest BCUT2D eigenvalue weighted by atomic mass is 10.4. The molecule has 9 nitrogen and oxygen atoms in total. The van der Waals surface area contributed by atoms with Crippen LogP contribution in [0.5, 0.6) is 0 Å². The third-order valence-electron chi connectivity index (χ3n) is 2.76. The predicted molar refractivity (Wildman–Crippen MR) is 76.6 cm³/mol. The second kappa shape index (κ2) is 5.64. The van der Waals surface area contributed by atoms with Crippen LogP contribution in [0.25, 0.3) is 23.0 Å². The Morgan fingerprint density at radius 3 is 2.18 bits per heavy atom. The molecule has 3 rings (SSSR count). The first kappa shape index (κ1) is 13.7. The quantitative estimate of drug-likeness (QED) is 0.686. The van der Waals surface area contributed by atoms with Gasteiger partial charge in [0.15, 0.2) is 5.82 Å². The first-order valence-electron chi connectivity index (χ1n) is 6.38. The van der Waals surface area contributed by atoms with Crippen LogP contribution in [0.4, 0.5) is 4.79 Å². The first-order chi connectivity index (χ1) is 10.7. The Bertz CT molecular complexity index is 784. The molecule has 3 aromatic rings. The fourth-order valence-corrected chi connectivity index (χ4v) is 1.74. The van der Waals surface area contributed by atoms with Crippen LogP contribution in [0, 0.1) is 0 Å². The third kappa shape index (κ3) is 2.51. The lowest BCUT2D eigenvalue weighted by molar-refractivity contribution is 0.216. The zero-order valence-corrected chi connectivity index (χ0v) is 12.0. The van der Waals surface area contributed by atoms with E-state index in [1.807, 2.05) is 0 Å². The molecule has 0 saturated heterocycles. The molecule has 0 saturated carbocycles. The van der Waals surface area contributed by atoms with E-state index >= 15 is 0 Å². The number of nitrogens with zero attached hydrogens (tertiary/aromatic N) is 8. The maximum atomic E-state index is 12.3. The van der Waals surface area contributed by atoms with Crippen LogP contribution in [0.1, 0.15) is 0 Å². The maximum absolute atomic E-state index is 12.3. The number of hydrogen-bond acceptors (Lipinski definition) is 7. The van der Waals surface area contributed by atoms with Crippen molar-refractivity contribution in [2.75, 3.05) is 14.1 Å². The average Bonchev–Trinajstić information content (AvgIpc) is 3.01. The van der Waals surface area contributed by atoms with Crippen molar-refractivity contribution in [3.63, 3.8) is 0 Å². The molecule has 0 aromatic carbocycles. The molecule has 0 unspecified atom stereocenters. The van der Waals surface area contributed by atoms with Gasteiger partial charge in [0.05, 0.1) is 12.4 Å². The molecule has 0 atom stereocenters. The van der Waals surface area contributed by atoms with E-state index in [2.05, 4.69) is 30.0 Å². The summed E-state index contributed by atoms with van der Waals surface area (Å²) in [6.45, 7) is 0. The van der Waals surface area contributed by atoms with Gasteiger partial charge in [-0.15, -0.1) is 5.10 Å². The summed E-state index contributed by atoms with van der Waals surface area (Å²) in [5.41, 5.74) is 0.915. The highest BCUT2D eigenvalue weighted by Gasteiger charge is 2.21. The van der Waals surface area contributed by atoms with Crippen molar-refractivity contribution in [3.05, 3.63) is 37.2 Å². The molecule has 0 aliphatic rings. The zero-order valence-electron chi connectivity index (χ0n) is 12.0. The van der Waals surface area contributed by atoms with Crippen LogP contribution in [0.2, 0.25) is 0 Å². The van der Waals surface area contributed by atoms with Crippen LogP contribution in [0.3, 0.4) is 0 Å². The molecule has 0 bridgehead atoms. The van der Waals surface area contributed by atoms with Gasteiger partial charge in [0, 0.05) is 38.9 Å². The molecular formula is C13H12N8O. The van der Waals surface area contributed by atoms with E-state index in [4.69, 9.17) is 0 Å². The lowest BCUT2D eigenvalue weighted by Gasteiger charge is -2.10. The van der Waals surface area contributed by atoms with Crippen molar-refractivity contribution in [3.8, 4) is 23.0 Å². The first-order valence-corrected chi connectivity index (χ1v) is 6.38. The minimum atomic E-state index is -0.344. The van der Waals surface area contributed by atoms with Crippen molar-refractivity contribution in [2.24, 2.45) is 0 Å². The molecular weight excluding hydrogens is 284 g/mol. The molecule has 0 aliphatic heterocycles. The Kier molecular flexibility index (Phi) is 3.52. The molecule has 110 valence electrons. The second-order valence-corrected chi connectivity index (χ2v) is 4.53. The van der Waals surface area contributed by atoms with Gasteiger partial charge in [0.25, 0.3) is 0 Å². The summed E-state index contributed by atoms with van der Waals surface area (Å²) in [7, 11) is 3.26. The predicted octanol–water partition coefficient (Wildman–Crippen LogP) is 0.722. The Hall–Kier alpha value is -3.23. The van der Waals surface area contributed by atoms with Crippen LogP contribution in [-0.4, -0.2) is 59.7 Å². The number of rotatable bonds is 2. The van der Waals surface area contributed by atoms with E-state index in [9.17, 15) is 4.79 Å². The Balaban J connectivity index is 2.15. The van der Waals surface area contributed by atoms with Gasteiger partial charge >= 0.3 is 6.03 Å². The van der Waals surface area contributed by atoms with E-state index in [0.29, 0.717) is 23.0 Å². The molecule has 0 radical (unpaired) electrons. The largest absolute Gasteiger partial charge is 0.346 e. The van der Waals surface area contributed by atoms with Crippen molar-refractivity contribution >= 4 is 6.03 Å². The van der Waals surface area contributed by atoms with Crippen LogP contribution < -0.4 is 0 Å². The maximum Gasteiger partial charge on any atom is 0.346 e. The number of hydrogen-bond donors (Lipinski definition) is 0. The molecule has 0 fully saturated rings. The summed E-state index contributed by atoms with van der Waals surface area (Å²) in [6, 6.07) is -0.344. The summed E-state index contributed by atoms with van der Waals surface area (Å²) in [5, 5.41) is 4.22. The van der Waals surface area contributed by atoms with Crippen molar-refractivity contribution in [1.82, 2.24) is 39.6 Å². The molecule has 0 N–H and O–H groups in total. The van der Waals surface area contributed by atoms with E-state index < -0.39 is 0 Å². The average molecular weight is 296 g/mol. The van der Waals surface area contributed by atoms with E-state index in [1.165, 1.54) is 34.4 Å². The summed E-state index contributed by atoms with van der Waals surface area (Å²) in [5.74, 6) is 0.594. The van der Waals surface area contributed by atoms with Gasteiger partial charge in [-0.25, -0.2) is 19.7 Å². The molecule has 9 heteroatoms. The minimum absolute atomic E-state index is 0.295. The molecule has 1 amide bonds. The van der Waals surface area contributed by atoms with Gasteiger partial charge in [0.2, 0.25) is 5.82 Å². The standard InChI is InChI=1S/C13H12N8O/c1-20(2)13(22)21-12(10-8-15-4-6-17-10)18-11(19-21)9-7-14-3-5-16-9/h3-8H,1-2H3. The van der Waals surface area contributed by atoms with Gasteiger partial charge in [0.1, 0.15) is 11.4 Å². The smallest absolute Gasteiger partial charge is 0.329 e. The SMILES string of the molecule is CN(C)C(=O)n1nc(-c2cnccn2)nc1-c1cnccn1. The Morgan fingerprint density at radius 2 is 1.64 bits per heavy atom. The number of carbonyl (C=O) groups is 1. The monoisotopic (exact) mass is 296 g/mol. The fourth-order valence-electron chi connectivity index (χ4n) is 1.74. The van der Waals surface area contributed by atoms with Gasteiger partial charge in [-0.2, -0.15) is 4.68 Å². The summed E-state index contributed by atoms with van der Waals surface area (Å²) < 4.78 is 1.17. The van der Waals surface area contributed by atoms with Crippen molar-refractivity contribution in [1.29, 1.82) is 0 Å². The molecule has 3 aromatic heterocycles. The number of aromatic nitrogens is 7. The van der Waals surface area contributed by atoms with Gasteiger partial charge in [-0.1, -0.05) is 0 Å². The van der Waals surface area contributed by atoms with E-state index in [0.717, 1.165) is 0 Å². The van der Waals surface area contributed by atoms with E-state index in [-0.39, 0.29) is 6.03 Å². The topological polar surface area (TPSA) is 103 Å². The van der Waals surface area contributed by atoms with Gasteiger partial charge < -0.3 is 4.90 Å². The highest BCUT2D eigenvalue weighted by Crippen LogP contribution is 2.18. The summed E-state index contributed by atoms with van der Waals surface area (Å²) >= 11 is 0. The highest BCUT2D eigenvalue weighted by atomic mass is 16.2. The number of amides is 1. The third-order valence-corrected chi connectivity index (χ3v) is 2.76. The normalized spacial score (nSPS) is 10.5. The lowest BCUT2D eigenvalue weighted by Crippen LogP contribution is -2.29. The van der Waals surface area contributed by atoms with Crippen molar-refractivity contribution < 1.29 is 4.79 Å². The minimum Gasteiger partial charge on any atom is -0.329 e. The Labute approximate surface area is 125 Å². The van der Waals surface area contributed by atoms with Crippen LogP contribution in [0.15, 0.2) is 37.2 Å². The van der Waals surface area contributed by atoms with Gasteiger partial charge in [-0.3, -0.25) is 9.97 Å². The summed E-state index contributed by atoms with van der Waals surface area (Å²) in [6.07, 6.45) is 9.20. The zero-order chi connectivity index (χ0) is 15.5. The Morgan fingerprint density at radius 1 is 1.00 bits per heavy atom. The molecule has 3 heterocycles. The fraction of sp³-hybridized carbons (Fsp3) is 0.154. The van der Waals surface area contributed by atoms with Crippen LogP contribution in [-0.2, 0) is 0 Å². The summed E-state index contributed by atoms with van der Waals surface area (Å²) in [4.78, 5) is 34.3. The highest BCUT2D eigenvalue weighted by molar-refractivity contribution is 5.80. The molecule has 22 heavy (non-hydrogen) atoms. The molecule has 0 spiro atoms. The second-order valence-electron chi connectivity index (χ2n) is 4.53. The number of carbonyl (C=O) groups excluding carboxylic acids is 1.